The minimum Gasteiger partial charge on any atom is -0.487 e. The maximum atomic E-state index is 5.83. The Morgan fingerprint density at radius 1 is 1.32 bits per heavy atom. The number of benzene rings is 1. The molecule has 0 amide bonds. The first kappa shape index (κ1) is 16.4. The van der Waals surface area contributed by atoms with Gasteiger partial charge in [0.15, 0.2) is 0 Å². The van der Waals surface area contributed by atoms with Gasteiger partial charge < -0.3 is 10.1 Å². The SMILES string of the molecule is CCCNCc1cc(C)c(OCC(Cl)=CCl)c(C)c1. The monoisotopic (exact) mass is 301 g/mol. The second-order valence-corrected chi connectivity index (χ2v) is 5.28. The van der Waals surface area contributed by atoms with Crippen molar-refractivity contribution >= 4 is 23.2 Å². The first-order valence-electron chi connectivity index (χ1n) is 6.46. The molecule has 1 N–H and O–H groups in total. The van der Waals surface area contributed by atoms with Crippen LogP contribution in [0.5, 0.6) is 5.75 Å². The molecule has 0 spiro atoms. The summed E-state index contributed by atoms with van der Waals surface area (Å²) in [6.07, 6.45) is 1.14. The van der Waals surface area contributed by atoms with E-state index >= 15 is 0 Å². The number of hydrogen-bond donors (Lipinski definition) is 1. The lowest BCUT2D eigenvalue weighted by Gasteiger charge is -2.14. The molecule has 106 valence electrons. The molecule has 0 saturated carbocycles. The van der Waals surface area contributed by atoms with Gasteiger partial charge in [0, 0.05) is 12.1 Å². The Morgan fingerprint density at radius 2 is 1.95 bits per heavy atom. The fourth-order valence-corrected chi connectivity index (χ4v) is 2.07. The van der Waals surface area contributed by atoms with E-state index in [0.29, 0.717) is 11.6 Å². The van der Waals surface area contributed by atoms with Gasteiger partial charge in [0.2, 0.25) is 0 Å². The fourth-order valence-electron chi connectivity index (χ4n) is 1.95. The van der Waals surface area contributed by atoms with Crippen LogP contribution in [0.15, 0.2) is 22.7 Å². The Kier molecular flexibility index (Phi) is 7.29. The summed E-state index contributed by atoms with van der Waals surface area (Å²) in [7, 11) is 0. The molecular weight excluding hydrogens is 281 g/mol. The smallest absolute Gasteiger partial charge is 0.125 e. The van der Waals surface area contributed by atoms with Crippen LogP contribution >= 0.6 is 23.2 Å². The molecule has 0 heterocycles. The van der Waals surface area contributed by atoms with Crippen molar-refractivity contribution in [2.24, 2.45) is 0 Å². The molecule has 1 aromatic carbocycles. The predicted molar refractivity (Wildman–Crippen MR) is 83.2 cm³/mol. The van der Waals surface area contributed by atoms with Gasteiger partial charge in [0.05, 0.1) is 5.03 Å². The van der Waals surface area contributed by atoms with Crippen molar-refractivity contribution in [3.8, 4) is 5.75 Å². The van der Waals surface area contributed by atoms with E-state index in [-0.39, 0.29) is 0 Å². The molecule has 1 rings (SSSR count). The van der Waals surface area contributed by atoms with Gasteiger partial charge in [0.1, 0.15) is 12.4 Å². The van der Waals surface area contributed by atoms with Crippen LogP contribution < -0.4 is 10.1 Å². The summed E-state index contributed by atoms with van der Waals surface area (Å²) < 4.78 is 5.70. The molecule has 2 nitrogen and oxygen atoms in total. The predicted octanol–water partition coefficient (Wildman–Crippen LogP) is 4.50. The van der Waals surface area contributed by atoms with E-state index in [2.05, 4.69) is 24.4 Å². The molecular formula is C15H21Cl2NO. The lowest BCUT2D eigenvalue weighted by atomic mass is 10.1. The number of rotatable bonds is 7. The molecule has 0 fully saturated rings. The van der Waals surface area contributed by atoms with Gasteiger partial charge in [-0.2, -0.15) is 0 Å². The van der Waals surface area contributed by atoms with E-state index in [1.807, 2.05) is 13.8 Å². The lowest BCUT2D eigenvalue weighted by molar-refractivity contribution is 0.354. The third-order valence-corrected chi connectivity index (χ3v) is 3.34. The van der Waals surface area contributed by atoms with Crippen molar-refractivity contribution < 1.29 is 4.74 Å². The summed E-state index contributed by atoms with van der Waals surface area (Å²) in [5.74, 6) is 0.885. The zero-order valence-corrected chi connectivity index (χ0v) is 13.2. The summed E-state index contributed by atoms with van der Waals surface area (Å²) in [6.45, 7) is 8.48. The van der Waals surface area contributed by atoms with Gasteiger partial charge in [0.25, 0.3) is 0 Å². The Morgan fingerprint density at radius 3 is 2.47 bits per heavy atom. The highest BCUT2D eigenvalue weighted by atomic mass is 35.5. The minimum absolute atomic E-state index is 0.306. The van der Waals surface area contributed by atoms with Crippen LogP contribution in [0.3, 0.4) is 0 Å². The summed E-state index contributed by atoms with van der Waals surface area (Å²) in [4.78, 5) is 0. The van der Waals surface area contributed by atoms with Crippen molar-refractivity contribution in [3.63, 3.8) is 0 Å². The van der Waals surface area contributed by atoms with E-state index in [1.54, 1.807) is 0 Å². The first-order chi connectivity index (χ1) is 9.08. The van der Waals surface area contributed by atoms with Crippen molar-refractivity contribution in [1.29, 1.82) is 0 Å². The van der Waals surface area contributed by atoms with Crippen LogP contribution in [0.1, 0.15) is 30.0 Å². The number of ether oxygens (including phenoxy) is 1. The van der Waals surface area contributed by atoms with Crippen molar-refractivity contribution in [3.05, 3.63) is 39.4 Å². The van der Waals surface area contributed by atoms with E-state index in [1.165, 1.54) is 11.1 Å². The number of nitrogens with one attached hydrogen (secondary N) is 1. The van der Waals surface area contributed by atoms with E-state index in [9.17, 15) is 0 Å². The molecule has 1 aromatic rings. The molecule has 0 radical (unpaired) electrons. The molecule has 4 heteroatoms. The van der Waals surface area contributed by atoms with Crippen LogP contribution in [0.2, 0.25) is 0 Å². The van der Waals surface area contributed by atoms with Gasteiger partial charge in [-0.05, 0) is 43.5 Å². The largest absolute Gasteiger partial charge is 0.487 e. The maximum Gasteiger partial charge on any atom is 0.125 e. The average Bonchev–Trinajstić information content (AvgIpc) is 2.37. The quantitative estimate of drug-likeness (QED) is 0.749. The number of aryl methyl sites for hydroxylation is 2. The Bertz CT molecular complexity index is 421. The first-order valence-corrected chi connectivity index (χ1v) is 7.28. The average molecular weight is 302 g/mol. The lowest BCUT2D eigenvalue weighted by Crippen LogP contribution is -2.14. The zero-order chi connectivity index (χ0) is 14.3. The molecule has 0 bridgehead atoms. The van der Waals surface area contributed by atoms with E-state index in [0.717, 1.165) is 36.4 Å². The van der Waals surface area contributed by atoms with Crippen molar-refractivity contribution in [2.45, 2.75) is 33.7 Å². The Balaban J connectivity index is 2.73. The minimum atomic E-state index is 0.306. The van der Waals surface area contributed by atoms with E-state index in [4.69, 9.17) is 27.9 Å². The molecule has 0 aliphatic rings. The normalized spacial score (nSPS) is 11.7. The van der Waals surface area contributed by atoms with Crippen LogP contribution in [-0.4, -0.2) is 13.2 Å². The van der Waals surface area contributed by atoms with Gasteiger partial charge in [-0.3, -0.25) is 0 Å². The highest BCUT2D eigenvalue weighted by molar-refractivity contribution is 6.36. The number of halogens is 2. The van der Waals surface area contributed by atoms with Gasteiger partial charge in [-0.1, -0.05) is 42.3 Å². The Hall–Kier alpha value is -0.700. The summed E-state index contributed by atoms with van der Waals surface area (Å²) in [5.41, 5.74) is 4.84. The highest BCUT2D eigenvalue weighted by Gasteiger charge is 2.07. The van der Waals surface area contributed by atoms with Crippen LogP contribution in [0, 0.1) is 13.8 Å². The standard InChI is InChI=1S/C15H21Cl2NO/c1-4-5-18-9-13-6-11(2)15(12(3)7-13)19-10-14(17)8-16/h6-8,18H,4-5,9-10H2,1-3H3. The highest BCUT2D eigenvalue weighted by Crippen LogP contribution is 2.25. The van der Waals surface area contributed by atoms with Gasteiger partial charge in [-0.25, -0.2) is 0 Å². The van der Waals surface area contributed by atoms with Crippen molar-refractivity contribution in [1.82, 2.24) is 5.32 Å². The molecule has 0 aliphatic heterocycles. The van der Waals surface area contributed by atoms with Gasteiger partial charge >= 0.3 is 0 Å². The van der Waals surface area contributed by atoms with Crippen LogP contribution in [-0.2, 0) is 6.54 Å². The molecule has 19 heavy (non-hydrogen) atoms. The molecule has 0 aliphatic carbocycles. The van der Waals surface area contributed by atoms with E-state index < -0.39 is 0 Å². The zero-order valence-electron chi connectivity index (χ0n) is 11.7. The molecule has 0 saturated heterocycles. The summed E-state index contributed by atoms with van der Waals surface area (Å²) in [5, 5.41) is 3.89. The fraction of sp³-hybridized carbons (Fsp3) is 0.467. The second kappa shape index (κ2) is 8.47. The van der Waals surface area contributed by atoms with Crippen molar-refractivity contribution in [2.75, 3.05) is 13.2 Å². The molecule has 0 aromatic heterocycles. The third kappa shape index (κ3) is 5.43. The third-order valence-electron chi connectivity index (χ3n) is 2.75. The van der Waals surface area contributed by atoms with Crippen LogP contribution in [0.4, 0.5) is 0 Å². The van der Waals surface area contributed by atoms with Gasteiger partial charge in [-0.15, -0.1) is 0 Å². The summed E-state index contributed by atoms with van der Waals surface area (Å²) >= 11 is 11.3. The maximum absolute atomic E-state index is 5.83. The second-order valence-electron chi connectivity index (χ2n) is 4.58. The molecule has 0 atom stereocenters. The Labute approximate surface area is 125 Å². The summed E-state index contributed by atoms with van der Waals surface area (Å²) in [6, 6.07) is 4.28. The number of hydrogen-bond acceptors (Lipinski definition) is 2. The van der Waals surface area contributed by atoms with Crippen LogP contribution in [0.25, 0.3) is 0 Å². The topological polar surface area (TPSA) is 21.3 Å². The molecule has 0 unspecified atom stereocenters.